The predicted octanol–water partition coefficient (Wildman–Crippen LogP) is 2.43. The third-order valence-electron chi connectivity index (χ3n) is 5.60. The van der Waals surface area contributed by atoms with Crippen LogP contribution in [0.4, 0.5) is 6.01 Å². The van der Waals surface area contributed by atoms with E-state index >= 15 is 0 Å². The number of carbonyl (C=O) groups is 1. The van der Waals surface area contributed by atoms with Gasteiger partial charge in [-0.3, -0.25) is 9.78 Å². The van der Waals surface area contributed by atoms with Crippen LogP contribution in [0.15, 0.2) is 28.9 Å². The van der Waals surface area contributed by atoms with Crippen LogP contribution in [-0.4, -0.2) is 50.6 Å². The molecule has 0 bridgehead atoms. The number of nitrogens with one attached hydrogen (secondary N) is 2. The van der Waals surface area contributed by atoms with Crippen LogP contribution in [0.3, 0.4) is 0 Å². The van der Waals surface area contributed by atoms with Gasteiger partial charge in [0.25, 0.3) is 5.89 Å². The fourth-order valence-corrected chi connectivity index (χ4v) is 3.66. The molecule has 1 saturated heterocycles. The summed E-state index contributed by atoms with van der Waals surface area (Å²) in [6.07, 6.45) is 8.43. The second-order valence-electron chi connectivity index (χ2n) is 7.29. The van der Waals surface area contributed by atoms with Crippen LogP contribution in [-0.2, 0) is 4.79 Å². The molecule has 5 rings (SSSR count). The Morgan fingerprint density at radius 2 is 2.12 bits per heavy atom. The molecule has 1 aliphatic heterocycles. The Balaban J connectivity index is 1.21. The van der Waals surface area contributed by atoms with E-state index in [1.54, 1.807) is 12.4 Å². The number of hydrogen-bond acceptors (Lipinski definition) is 6. The summed E-state index contributed by atoms with van der Waals surface area (Å²) in [6, 6.07) is 4.09. The number of carbonyl (C=O) groups excluding carboxylic acids is 1. The normalized spacial score (nSPS) is 18.4. The summed E-state index contributed by atoms with van der Waals surface area (Å²) < 4.78 is 5.62. The van der Waals surface area contributed by atoms with Crippen molar-refractivity contribution in [1.29, 1.82) is 0 Å². The number of likely N-dealkylation sites (tertiary alicyclic amines) is 1. The third-order valence-corrected chi connectivity index (χ3v) is 5.60. The number of anilines is 1. The van der Waals surface area contributed by atoms with Gasteiger partial charge in [0.1, 0.15) is 5.69 Å². The smallest absolute Gasteiger partial charge is 0.316 e. The molecule has 2 aliphatic rings. The first-order valence-corrected chi connectivity index (χ1v) is 8.99. The summed E-state index contributed by atoms with van der Waals surface area (Å²) in [7, 11) is 0. The van der Waals surface area contributed by atoms with Crippen LogP contribution in [0.25, 0.3) is 22.5 Å². The van der Waals surface area contributed by atoms with Gasteiger partial charge in [-0.2, -0.15) is 0 Å². The first-order valence-electron chi connectivity index (χ1n) is 8.99. The van der Waals surface area contributed by atoms with Crippen molar-refractivity contribution in [3.05, 3.63) is 24.5 Å². The number of H-pyrrole nitrogens is 1. The van der Waals surface area contributed by atoms with Crippen molar-refractivity contribution in [2.75, 3.05) is 25.0 Å². The molecule has 1 amide bonds. The molecule has 4 heterocycles. The molecule has 8 nitrogen and oxygen atoms in total. The monoisotopic (exact) mass is 352 g/mol. The van der Waals surface area contributed by atoms with Gasteiger partial charge in [-0.05, 0) is 43.2 Å². The number of nitrogens with zero attached hydrogens (tertiary/aromatic N) is 4. The fourth-order valence-electron chi connectivity index (χ4n) is 3.66. The van der Waals surface area contributed by atoms with E-state index in [1.165, 1.54) is 12.8 Å². The Kier molecular flexibility index (Phi) is 3.44. The van der Waals surface area contributed by atoms with Gasteiger partial charge in [0.05, 0.1) is 18.3 Å². The van der Waals surface area contributed by atoms with Crippen molar-refractivity contribution in [2.24, 2.45) is 5.41 Å². The number of amides is 1. The molecule has 26 heavy (non-hydrogen) atoms. The number of aromatic amines is 1. The van der Waals surface area contributed by atoms with Gasteiger partial charge >= 0.3 is 6.01 Å². The van der Waals surface area contributed by atoms with Crippen LogP contribution < -0.4 is 5.32 Å². The zero-order valence-corrected chi connectivity index (χ0v) is 14.4. The molecule has 0 aromatic carbocycles. The van der Waals surface area contributed by atoms with Gasteiger partial charge in [-0.1, -0.05) is 5.10 Å². The maximum atomic E-state index is 12.4. The Morgan fingerprint density at radius 1 is 1.27 bits per heavy atom. The lowest BCUT2D eigenvalue weighted by Crippen LogP contribution is -2.41. The first-order chi connectivity index (χ1) is 12.7. The SMILES string of the molecule is O=C(CNc1nnc(-c2cc3ccncc3[nH]2)o1)N1CCC2(CC1)CC2. The van der Waals surface area contributed by atoms with E-state index in [9.17, 15) is 4.79 Å². The van der Waals surface area contributed by atoms with Gasteiger partial charge in [-0.25, -0.2) is 0 Å². The molecule has 1 saturated carbocycles. The molecule has 2 N–H and O–H groups in total. The van der Waals surface area contributed by atoms with Gasteiger partial charge in [-0.15, -0.1) is 5.10 Å². The third kappa shape index (κ3) is 2.81. The van der Waals surface area contributed by atoms with E-state index in [4.69, 9.17) is 4.42 Å². The second-order valence-corrected chi connectivity index (χ2v) is 7.29. The highest BCUT2D eigenvalue weighted by molar-refractivity contribution is 5.83. The molecule has 2 fully saturated rings. The van der Waals surface area contributed by atoms with Crippen molar-refractivity contribution in [3.63, 3.8) is 0 Å². The number of rotatable bonds is 4. The van der Waals surface area contributed by atoms with E-state index < -0.39 is 0 Å². The van der Waals surface area contributed by atoms with Crippen LogP contribution >= 0.6 is 0 Å². The van der Waals surface area contributed by atoms with Crippen molar-refractivity contribution in [2.45, 2.75) is 25.7 Å². The van der Waals surface area contributed by atoms with Crippen LogP contribution in [0, 0.1) is 5.41 Å². The van der Waals surface area contributed by atoms with E-state index in [1.807, 2.05) is 17.0 Å². The molecule has 1 spiro atoms. The lowest BCUT2D eigenvalue weighted by Gasteiger charge is -2.32. The summed E-state index contributed by atoms with van der Waals surface area (Å²) >= 11 is 0. The van der Waals surface area contributed by atoms with Crippen molar-refractivity contribution < 1.29 is 9.21 Å². The van der Waals surface area contributed by atoms with Gasteiger partial charge in [0.15, 0.2) is 0 Å². The summed E-state index contributed by atoms with van der Waals surface area (Å²) in [4.78, 5) is 21.6. The van der Waals surface area contributed by atoms with E-state index in [2.05, 4.69) is 25.5 Å². The lowest BCUT2D eigenvalue weighted by molar-refractivity contribution is -0.130. The summed E-state index contributed by atoms with van der Waals surface area (Å²) in [6.45, 7) is 1.89. The van der Waals surface area contributed by atoms with Crippen LogP contribution in [0.2, 0.25) is 0 Å². The van der Waals surface area contributed by atoms with Crippen molar-refractivity contribution >= 4 is 22.8 Å². The minimum absolute atomic E-state index is 0.0805. The average molecular weight is 352 g/mol. The molecular formula is C18H20N6O2. The van der Waals surface area contributed by atoms with E-state index in [-0.39, 0.29) is 18.5 Å². The highest BCUT2D eigenvalue weighted by Gasteiger charge is 2.44. The molecule has 1 aliphatic carbocycles. The van der Waals surface area contributed by atoms with Crippen molar-refractivity contribution in [3.8, 4) is 11.6 Å². The zero-order chi connectivity index (χ0) is 17.6. The number of piperidine rings is 1. The number of hydrogen-bond donors (Lipinski definition) is 2. The topological polar surface area (TPSA) is 99.9 Å². The Labute approximate surface area is 150 Å². The molecule has 0 unspecified atom stereocenters. The summed E-state index contributed by atoms with van der Waals surface area (Å²) in [5, 5.41) is 12.0. The summed E-state index contributed by atoms with van der Waals surface area (Å²) in [5.74, 6) is 0.460. The molecule has 0 atom stereocenters. The van der Waals surface area contributed by atoms with Crippen molar-refractivity contribution in [1.82, 2.24) is 25.1 Å². The minimum atomic E-state index is 0.0805. The van der Waals surface area contributed by atoms with E-state index in [0.29, 0.717) is 11.3 Å². The molecular weight excluding hydrogens is 332 g/mol. The maximum absolute atomic E-state index is 12.4. The molecule has 3 aromatic rings. The highest BCUT2D eigenvalue weighted by Crippen LogP contribution is 2.53. The van der Waals surface area contributed by atoms with E-state index in [0.717, 1.165) is 42.5 Å². The first kappa shape index (κ1) is 15.4. The second kappa shape index (κ2) is 5.82. The average Bonchev–Trinajstić information content (AvgIpc) is 3.11. The molecule has 8 heteroatoms. The quantitative estimate of drug-likeness (QED) is 0.748. The zero-order valence-electron chi connectivity index (χ0n) is 14.4. The fraction of sp³-hybridized carbons (Fsp3) is 0.444. The van der Waals surface area contributed by atoms with Crippen LogP contribution in [0.1, 0.15) is 25.7 Å². The predicted molar refractivity (Wildman–Crippen MR) is 95.4 cm³/mol. The highest BCUT2D eigenvalue weighted by atomic mass is 16.4. The standard InChI is InChI=1S/C18H20N6O2/c25-15(24-7-4-18(2-3-18)5-8-24)11-20-17-23-22-16(26-17)13-9-12-1-6-19-10-14(12)21-13/h1,6,9-10,21H,2-5,7-8,11H2,(H,20,23). The van der Waals surface area contributed by atoms with Gasteiger partial charge in [0, 0.05) is 24.7 Å². The number of fused-ring (bicyclic) bond motifs is 1. The lowest BCUT2D eigenvalue weighted by atomic mass is 9.94. The Morgan fingerprint density at radius 3 is 2.88 bits per heavy atom. The maximum Gasteiger partial charge on any atom is 0.316 e. The van der Waals surface area contributed by atoms with Gasteiger partial charge < -0.3 is 19.6 Å². The number of pyridine rings is 1. The Bertz CT molecular complexity index is 914. The molecule has 3 aromatic heterocycles. The Hall–Kier alpha value is -2.90. The minimum Gasteiger partial charge on any atom is -0.402 e. The largest absolute Gasteiger partial charge is 0.402 e. The summed E-state index contributed by atoms with van der Waals surface area (Å²) in [5.41, 5.74) is 2.20. The number of aromatic nitrogens is 4. The molecule has 134 valence electrons. The van der Waals surface area contributed by atoms with Gasteiger partial charge in [0.2, 0.25) is 5.91 Å². The van der Waals surface area contributed by atoms with Crippen LogP contribution in [0.5, 0.6) is 0 Å². The molecule has 0 radical (unpaired) electrons.